The number of fused-ring (bicyclic) bond motifs is 1. The number of carbonyl (C=O) groups is 1. The lowest BCUT2D eigenvalue weighted by Gasteiger charge is -2.09. The summed E-state index contributed by atoms with van der Waals surface area (Å²) in [6.45, 7) is 1.65. The molecular weight excluding hydrogens is 421 g/mol. The highest BCUT2D eigenvalue weighted by molar-refractivity contribution is 7.90. The molecule has 3 rings (SSSR count). The first-order valence-corrected chi connectivity index (χ1v) is 9.38. The SMILES string of the molecule is COc1cc(C)nc(NC(=O)NS(=O)(=O)c2c(Cl)nc3ccc(Cl)nn23)n1. The molecule has 0 saturated carbocycles. The molecule has 142 valence electrons. The average molecular weight is 432 g/mol. The van der Waals surface area contributed by atoms with E-state index in [1.54, 1.807) is 11.6 Å². The summed E-state index contributed by atoms with van der Waals surface area (Å²) in [6, 6.07) is 3.26. The maximum Gasteiger partial charge on any atom is 0.335 e. The van der Waals surface area contributed by atoms with E-state index in [0.717, 1.165) is 4.52 Å². The number of hydrogen-bond acceptors (Lipinski definition) is 8. The van der Waals surface area contributed by atoms with Gasteiger partial charge in [0, 0.05) is 11.8 Å². The summed E-state index contributed by atoms with van der Waals surface area (Å²) >= 11 is 11.7. The van der Waals surface area contributed by atoms with Crippen molar-refractivity contribution in [2.24, 2.45) is 0 Å². The van der Waals surface area contributed by atoms with Gasteiger partial charge in [-0.05, 0) is 19.1 Å². The third kappa shape index (κ3) is 4.02. The van der Waals surface area contributed by atoms with Crippen LogP contribution in [0.15, 0.2) is 23.2 Å². The number of methoxy groups -OCH3 is 1. The van der Waals surface area contributed by atoms with Crippen molar-refractivity contribution in [1.29, 1.82) is 0 Å². The molecule has 3 aromatic heterocycles. The van der Waals surface area contributed by atoms with E-state index in [-0.39, 0.29) is 27.8 Å². The fourth-order valence-corrected chi connectivity index (χ4v) is 3.72. The van der Waals surface area contributed by atoms with Crippen LogP contribution in [0.25, 0.3) is 5.65 Å². The number of rotatable bonds is 4. The monoisotopic (exact) mass is 431 g/mol. The zero-order valence-corrected chi connectivity index (χ0v) is 16.1. The van der Waals surface area contributed by atoms with Gasteiger partial charge in [-0.3, -0.25) is 5.32 Å². The van der Waals surface area contributed by atoms with Gasteiger partial charge in [-0.25, -0.2) is 19.5 Å². The van der Waals surface area contributed by atoms with E-state index in [2.05, 4.69) is 25.4 Å². The molecule has 27 heavy (non-hydrogen) atoms. The van der Waals surface area contributed by atoms with Crippen LogP contribution in [-0.4, -0.2) is 46.1 Å². The molecule has 2 N–H and O–H groups in total. The van der Waals surface area contributed by atoms with E-state index in [9.17, 15) is 13.2 Å². The minimum Gasteiger partial charge on any atom is -0.481 e. The van der Waals surface area contributed by atoms with Crippen molar-refractivity contribution in [2.75, 3.05) is 12.4 Å². The first-order chi connectivity index (χ1) is 12.7. The lowest BCUT2D eigenvalue weighted by molar-refractivity contribution is 0.256. The Balaban J connectivity index is 1.89. The Labute approximate surface area is 162 Å². The van der Waals surface area contributed by atoms with Gasteiger partial charge in [0.15, 0.2) is 10.8 Å². The van der Waals surface area contributed by atoms with Crippen molar-refractivity contribution in [1.82, 2.24) is 29.3 Å². The van der Waals surface area contributed by atoms with Crippen LogP contribution in [0, 0.1) is 6.92 Å². The summed E-state index contributed by atoms with van der Waals surface area (Å²) in [6.07, 6.45) is 0. The quantitative estimate of drug-likeness (QED) is 0.634. The van der Waals surface area contributed by atoms with Crippen LogP contribution in [0.4, 0.5) is 10.7 Å². The van der Waals surface area contributed by atoms with E-state index in [1.165, 1.54) is 25.3 Å². The number of amides is 2. The van der Waals surface area contributed by atoms with Gasteiger partial charge in [-0.1, -0.05) is 23.2 Å². The molecule has 14 heteroatoms. The standard InChI is InChI=1S/C13H11Cl2N7O4S/c1-6-5-9(26-2)18-12(16-6)19-13(23)21-27(24,25)11-10(15)17-8-4-3-7(14)20-22(8)11/h3-5H,1-2H3,(H2,16,18,19,21,23). The van der Waals surface area contributed by atoms with Crippen molar-refractivity contribution in [3.05, 3.63) is 34.2 Å². The minimum atomic E-state index is -4.44. The topological polar surface area (TPSA) is 140 Å². The van der Waals surface area contributed by atoms with Crippen LogP contribution in [0.5, 0.6) is 5.88 Å². The van der Waals surface area contributed by atoms with Gasteiger partial charge >= 0.3 is 6.03 Å². The number of sulfonamides is 1. The number of ether oxygens (including phenoxy) is 1. The number of carbonyl (C=O) groups excluding carboxylic acids is 1. The van der Waals surface area contributed by atoms with Crippen molar-refractivity contribution in [3.63, 3.8) is 0 Å². The van der Waals surface area contributed by atoms with Crippen molar-refractivity contribution < 1.29 is 17.9 Å². The van der Waals surface area contributed by atoms with Gasteiger partial charge in [0.05, 0.1) is 7.11 Å². The van der Waals surface area contributed by atoms with E-state index in [1.807, 2.05) is 0 Å². The molecule has 0 unspecified atom stereocenters. The summed E-state index contributed by atoms with van der Waals surface area (Å²) in [7, 11) is -3.05. The molecule has 0 bridgehead atoms. The Hall–Kier alpha value is -2.70. The third-order valence-electron chi connectivity index (χ3n) is 3.11. The van der Waals surface area contributed by atoms with Gasteiger partial charge in [0.2, 0.25) is 16.9 Å². The van der Waals surface area contributed by atoms with Gasteiger partial charge < -0.3 is 4.74 Å². The fourth-order valence-electron chi connectivity index (χ4n) is 2.09. The Bertz CT molecular complexity index is 1150. The number of nitrogens with zero attached hydrogens (tertiary/aromatic N) is 5. The van der Waals surface area contributed by atoms with Crippen LogP contribution in [0.3, 0.4) is 0 Å². The van der Waals surface area contributed by atoms with Gasteiger partial charge in [-0.2, -0.15) is 23.0 Å². The molecule has 11 nitrogen and oxygen atoms in total. The number of urea groups is 1. The largest absolute Gasteiger partial charge is 0.481 e. The average Bonchev–Trinajstić information content (AvgIpc) is 2.89. The number of imidazole rings is 1. The molecule has 3 aromatic rings. The van der Waals surface area contributed by atoms with E-state index >= 15 is 0 Å². The molecule has 0 aliphatic carbocycles. The Morgan fingerprint density at radius 1 is 1.22 bits per heavy atom. The molecule has 2 amide bonds. The van der Waals surface area contributed by atoms with Gasteiger partial charge in [0.1, 0.15) is 5.15 Å². The molecule has 0 aromatic carbocycles. The third-order valence-corrected chi connectivity index (χ3v) is 5.02. The summed E-state index contributed by atoms with van der Waals surface area (Å²) in [5.41, 5.74) is 0.639. The molecule has 0 aliphatic heterocycles. The number of anilines is 1. The van der Waals surface area contributed by atoms with E-state index < -0.39 is 21.1 Å². The van der Waals surface area contributed by atoms with E-state index in [0.29, 0.717) is 5.69 Å². The van der Waals surface area contributed by atoms with Gasteiger partial charge in [0.25, 0.3) is 10.0 Å². The lowest BCUT2D eigenvalue weighted by atomic mass is 10.4. The maximum absolute atomic E-state index is 12.6. The smallest absolute Gasteiger partial charge is 0.335 e. The molecule has 3 heterocycles. The van der Waals surface area contributed by atoms with Crippen LogP contribution in [-0.2, 0) is 10.0 Å². The van der Waals surface area contributed by atoms with Crippen molar-refractivity contribution in [2.45, 2.75) is 11.9 Å². The number of nitrogens with one attached hydrogen (secondary N) is 2. The number of halogens is 2. The molecule has 0 aliphatic rings. The van der Waals surface area contributed by atoms with Crippen LogP contribution in [0.2, 0.25) is 10.3 Å². The normalized spacial score (nSPS) is 11.4. The zero-order chi connectivity index (χ0) is 19.8. The maximum atomic E-state index is 12.6. The Morgan fingerprint density at radius 3 is 2.67 bits per heavy atom. The highest BCUT2D eigenvalue weighted by Gasteiger charge is 2.28. The second-order valence-electron chi connectivity index (χ2n) is 5.07. The molecule has 0 saturated heterocycles. The van der Waals surface area contributed by atoms with Crippen LogP contribution >= 0.6 is 23.2 Å². The zero-order valence-electron chi connectivity index (χ0n) is 13.8. The molecule has 0 atom stereocenters. The molecule has 0 spiro atoms. The first kappa shape index (κ1) is 19.1. The second kappa shape index (κ2) is 7.13. The summed E-state index contributed by atoms with van der Waals surface area (Å²) in [4.78, 5) is 23.8. The fraction of sp³-hybridized carbons (Fsp3) is 0.154. The predicted molar refractivity (Wildman–Crippen MR) is 95.7 cm³/mol. The highest BCUT2D eigenvalue weighted by atomic mass is 35.5. The summed E-state index contributed by atoms with van der Waals surface area (Å²) < 4.78 is 32.8. The minimum absolute atomic E-state index is 0.0118. The highest BCUT2D eigenvalue weighted by Crippen LogP contribution is 2.22. The lowest BCUT2D eigenvalue weighted by Crippen LogP contribution is -2.35. The molecule has 0 radical (unpaired) electrons. The predicted octanol–water partition coefficient (Wildman–Crippen LogP) is 1.65. The first-order valence-electron chi connectivity index (χ1n) is 7.14. The Morgan fingerprint density at radius 2 is 1.96 bits per heavy atom. The Kier molecular flexibility index (Phi) is 5.04. The number of hydrogen-bond donors (Lipinski definition) is 2. The van der Waals surface area contributed by atoms with Crippen LogP contribution < -0.4 is 14.8 Å². The molecular formula is C13H11Cl2N7O4S. The van der Waals surface area contributed by atoms with Crippen molar-refractivity contribution >= 4 is 50.9 Å². The number of aryl methyl sites for hydroxylation is 1. The van der Waals surface area contributed by atoms with Crippen molar-refractivity contribution in [3.8, 4) is 5.88 Å². The van der Waals surface area contributed by atoms with E-state index in [4.69, 9.17) is 27.9 Å². The van der Waals surface area contributed by atoms with Gasteiger partial charge in [-0.15, -0.1) is 0 Å². The second-order valence-corrected chi connectivity index (χ2v) is 7.41. The van der Waals surface area contributed by atoms with Crippen LogP contribution in [0.1, 0.15) is 5.69 Å². The number of aromatic nitrogens is 5. The summed E-state index contributed by atoms with van der Waals surface area (Å²) in [5, 5.41) is 5.13. The molecule has 0 fully saturated rings. The summed E-state index contributed by atoms with van der Waals surface area (Å²) in [5.74, 6) is 0.0503.